The van der Waals surface area contributed by atoms with Gasteiger partial charge in [-0.15, -0.1) is 12.4 Å². The fraction of sp³-hybridized carbons (Fsp3) is 0.0513. The van der Waals surface area contributed by atoms with Crippen LogP contribution < -0.4 is 16.8 Å². The standard InChI is InChI=1S/C22H18N6O.C15H11N5O2.C2H4O2.ClH/c23-20-8-16-18(11-24-19(16)12-25-20)14-6-15-10-27-28-21(15)17(7-14)22(29)26-9-13-4-2-1-3-5-13;16-13-3-9-11(5-17-12(9)6-18-13)7-1-8-4-19-20-14(8)10(2-7)15(21)22;1-2(3)4;/h1-8,10-12,24H,9H2,(H2,23,25)(H,26,29)(H,27,28);1-6,17H,(H2,16,18)(H,19,20)(H,21,22);1H3,(H,3,4);1H. The minimum absolute atomic E-state index is 0. The van der Waals surface area contributed by atoms with E-state index in [0.29, 0.717) is 34.8 Å². The van der Waals surface area contributed by atoms with E-state index in [2.05, 4.69) is 45.6 Å². The van der Waals surface area contributed by atoms with Crippen LogP contribution in [0.2, 0.25) is 0 Å². The lowest BCUT2D eigenvalue weighted by Gasteiger charge is -2.09. The molecule has 6 aromatic heterocycles. The quantitative estimate of drug-likeness (QED) is 0.0878. The summed E-state index contributed by atoms with van der Waals surface area (Å²) in [6, 6.07) is 20.8. The lowest BCUT2D eigenvalue weighted by molar-refractivity contribution is -0.134. The number of nitrogens with one attached hydrogen (secondary N) is 5. The average Bonchev–Trinajstić information content (AvgIpc) is 3.99. The number of carboxylic acid groups (broad SMARTS) is 2. The maximum atomic E-state index is 13.0. The molecule has 1 amide bonds. The van der Waals surface area contributed by atoms with Crippen LogP contribution in [0.15, 0.2) is 104 Å². The molecule has 0 radical (unpaired) electrons. The molecule has 282 valence electrons. The fourth-order valence-corrected chi connectivity index (χ4v) is 6.20. The van der Waals surface area contributed by atoms with E-state index < -0.39 is 11.9 Å². The van der Waals surface area contributed by atoms with Crippen molar-refractivity contribution < 1.29 is 24.6 Å². The summed E-state index contributed by atoms with van der Waals surface area (Å²) in [7, 11) is 0. The summed E-state index contributed by atoms with van der Waals surface area (Å²) in [5.41, 5.74) is 19.8. The number of rotatable bonds is 6. The van der Waals surface area contributed by atoms with E-state index in [0.717, 1.165) is 67.3 Å². The fourth-order valence-electron chi connectivity index (χ4n) is 6.20. The van der Waals surface area contributed by atoms with Gasteiger partial charge in [-0.2, -0.15) is 10.2 Å². The number of pyridine rings is 2. The van der Waals surface area contributed by atoms with Crippen LogP contribution in [0.5, 0.6) is 0 Å². The molecule has 17 heteroatoms. The number of amides is 1. The number of hydrogen-bond acceptors (Lipinski definition) is 9. The number of carboxylic acids is 2. The van der Waals surface area contributed by atoms with Crippen molar-refractivity contribution >= 4 is 85.5 Å². The van der Waals surface area contributed by atoms with Crippen LogP contribution in [-0.2, 0) is 11.3 Å². The largest absolute Gasteiger partial charge is 0.481 e. The predicted octanol–water partition coefficient (Wildman–Crippen LogP) is 6.52. The number of carbonyl (C=O) groups excluding carboxylic acids is 1. The molecule has 0 saturated carbocycles. The smallest absolute Gasteiger partial charge is 0.337 e. The Hall–Kier alpha value is -7.72. The minimum atomic E-state index is -1.00. The molecule has 0 unspecified atom stereocenters. The number of halogens is 1. The molecule has 11 N–H and O–H groups in total. The number of benzene rings is 3. The SMILES string of the molecule is CC(=O)O.Cl.Nc1cc2c(-c3cc(C(=O)NCc4ccccc4)c4[nH]ncc4c3)c[nH]c2cn1.Nc1cc2c(-c3cc(C(=O)O)c4[nH]ncc4c3)c[nH]c2cn1. The van der Waals surface area contributed by atoms with Gasteiger partial charge in [0.15, 0.2) is 0 Å². The van der Waals surface area contributed by atoms with Crippen LogP contribution >= 0.6 is 12.4 Å². The number of nitrogens with zero attached hydrogens (tertiary/aromatic N) is 4. The summed E-state index contributed by atoms with van der Waals surface area (Å²) in [6.07, 6.45) is 10.4. The van der Waals surface area contributed by atoms with Gasteiger partial charge >= 0.3 is 5.97 Å². The molecule has 0 bridgehead atoms. The molecule has 0 aliphatic heterocycles. The molecule has 0 spiro atoms. The van der Waals surface area contributed by atoms with E-state index in [1.54, 1.807) is 36.9 Å². The number of nitrogen functional groups attached to an aromatic ring is 2. The average molecular weight is 772 g/mol. The van der Waals surface area contributed by atoms with Crippen molar-refractivity contribution in [2.45, 2.75) is 13.5 Å². The Balaban J connectivity index is 0.000000176. The van der Waals surface area contributed by atoms with Crippen LogP contribution in [0.1, 0.15) is 33.2 Å². The number of aliphatic carboxylic acids is 1. The predicted molar refractivity (Wildman–Crippen MR) is 216 cm³/mol. The zero-order valence-electron chi connectivity index (χ0n) is 29.5. The zero-order valence-corrected chi connectivity index (χ0v) is 30.3. The van der Waals surface area contributed by atoms with Crippen molar-refractivity contribution in [1.29, 1.82) is 0 Å². The van der Waals surface area contributed by atoms with Gasteiger partial charge in [-0.3, -0.25) is 19.8 Å². The van der Waals surface area contributed by atoms with Crippen LogP contribution in [0.4, 0.5) is 11.6 Å². The van der Waals surface area contributed by atoms with E-state index in [1.165, 1.54) is 0 Å². The normalized spacial score (nSPS) is 10.7. The van der Waals surface area contributed by atoms with E-state index in [-0.39, 0.29) is 23.9 Å². The maximum absolute atomic E-state index is 13.0. The number of fused-ring (bicyclic) bond motifs is 4. The van der Waals surface area contributed by atoms with Crippen molar-refractivity contribution in [3.63, 3.8) is 0 Å². The highest BCUT2D eigenvalue weighted by Crippen LogP contribution is 2.34. The molecule has 0 aliphatic rings. The number of anilines is 2. The molecule has 0 fully saturated rings. The van der Waals surface area contributed by atoms with E-state index in [1.807, 2.05) is 67.0 Å². The van der Waals surface area contributed by atoms with Gasteiger partial charge < -0.3 is 37.0 Å². The number of H-pyrrole nitrogens is 4. The van der Waals surface area contributed by atoms with Gasteiger partial charge in [-0.05, 0) is 53.1 Å². The Morgan fingerprint density at radius 2 is 1.18 bits per heavy atom. The van der Waals surface area contributed by atoms with Gasteiger partial charge in [0.1, 0.15) is 11.6 Å². The van der Waals surface area contributed by atoms with Crippen molar-refractivity contribution in [2.24, 2.45) is 0 Å². The van der Waals surface area contributed by atoms with Gasteiger partial charge in [0, 0.05) is 58.5 Å². The van der Waals surface area contributed by atoms with Crippen LogP contribution in [0, 0.1) is 0 Å². The van der Waals surface area contributed by atoms with Crippen LogP contribution in [0.25, 0.3) is 65.9 Å². The van der Waals surface area contributed by atoms with Crippen LogP contribution in [-0.4, -0.2) is 68.4 Å². The summed E-state index contributed by atoms with van der Waals surface area (Å²) >= 11 is 0. The molecule has 3 aromatic carbocycles. The Bertz CT molecular complexity index is 2860. The second-order valence-electron chi connectivity index (χ2n) is 12.4. The van der Waals surface area contributed by atoms with Gasteiger partial charge in [0.25, 0.3) is 11.9 Å². The molecule has 6 heterocycles. The van der Waals surface area contributed by atoms with E-state index in [9.17, 15) is 14.7 Å². The summed E-state index contributed by atoms with van der Waals surface area (Å²) < 4.78 is 0. The first-order chi connectivity index (χ1) is 26.5. The lowest BCUT2D eigenvalue weighted by Crippen LogP contribution is -2.23. The highest BCUT2D eigenvalue weighted by molar-refractivity contribution is 6.09. The molecule has 0 atom stereocenters. The monoisotopic (exact) mass is 771 g/mol. The lowest BCUT2D eigenvalue weighted by atomic mass is 10.00. The second-order valence-corrected chi connectivity index (χ2v) is 12.4. The molecular formula is C39H34ClN11O5. The van der Waals surface area contributed by atoms with Gasteiger partial charge in [0.2, 0.25) is 0 Å². The Morgan fingerprint density at radius 1 is 0.696 bits per heavy atom. The van der Waals surface area contributed by atoms with Crippen LogP contribution in [0.3, 0.4) is 0 Å². The van der Waals surface area contributed by atoms with Gasteiger partial charge in [-0.25, -0.2) is 14.8 Å². The van der Waals surface area contributed by atoms with Gasteiger partial charge in [-0.1, -0.05) is 30.3 Å². The third-order valence-corrected chi connectivity index (χ3v) is 8.67. The molecule has 16 nitrogen and oxygen atoms in total. The minimum Gasteiger partial charge on any atom is -0.481 e. The topological polar surface area (TPSA) is 270 Å². The number of nitrogens with two attached hydrogens (primary N) is 2. The molecular weight excluding hydrogens is 738 g/mol. The summed E-state index contributed by atoms with van der Waals surface area (Å²) in [5, 5.41) is 37.0. The Morgan fingerprint density at radius 3 is 1.68 bits per heavy atom. The molecule has 9 aromatic rings. The van der Waals surface area contributed by atoms with E-state index >= 15 is 0 Å². The summed E-state index contributed by atoms with van der Waals surface area (Å²) in [6.45, 7) is 1.54. The number of aromatic amines is 4. The Kier molecular flexibility index (Phi) is 10.9. The summed E-state index contributed by atoms with van der Waals surface area (Å²) in [4.78, 5) is 47.9. The third kappa shape index (κ3) is 7.95. The summed E-state index contributed by atoms with van der Waals surface area (Å²) in [5.74, 6) is -1.14. The highest BCUT2D eigenvalue weighted by Gasteiger charge is 2.17. The van der Waals surface area contributed by atoms with Crippen molar-refractivity contribution in [3.8, 4) is 22.3 Å². The molecule has 56 heavy (non-hydrogen) atoms. The van der Waals surface area contributed by atoms with Crippen molar-refractivity contribution in [1.82, 2.24) is 45.6 Å². The maximum Gasteiger partial charge on any atom is 0.337 e. The number of aromatic nitrogens is 8. The second kappa shape index (κ2) is 16.1. The molecule has 0 aliphatic carbocycles. The van der Waals surface area contributed by atoms with E-state index in [4.69, 9.17) is 21.4 Å². The zero-order chi connectivity index (χ0) is 38.6. The first kappa shape index (κ1) is 38.0. The molecule has 9 rings (SSSR count). The molecule has 0 saturated heterocycles. The van der Waals surface area contributed by atoms with Gasteiger partial charge in [0.05, 0.1) is 58.0 Å². The number of aromatic carboxylic acids is 1. The highest BCUT2D eigenvalue weighted by atomic mass is 35.5. The third-order valence-electron chi connectivity index (χ3n) is 8.67. The Labute approximate surface area is 322 Å². The first-order valence-electron chi connectivity index (χ1n) is 16.7. The van der Waals surface area contributed by atoms with Crippen molar-refractivity contribution in [2.75, 3.05) is 11.5 Å². The first-order valence-corrected chi connectivity index (χ1v) is 16.7. The number of hydrogen-bond donors (Lipinski definition) is 9. The number of carbonyl (C=O) groups is 3. The van der Waals surface area contributed by atoms with Crippen molar-refractivity contribution in [3.05, 3.63) is 121 Å².